The zero-order valence-electron chi connectivity index (χ0n) is 35.5. The average molecular weight is 831 g/mol. The Balaban J connectivity index is 0.898. The van der Waals surface area contributed by atoms with Gasteiger partial charge in [0, 0.05) is 50.2 Å². The summed E-state index contributed by atoms with van der Waals surface area (Å²) in [5.74, 6) is 0. The molecule has 1 heterocycles. The van der Waals surface area contributed by atoms with E-state index in [0.29, 0.717) is 0 Å². The van der Waals surface area contributed by atoms with E-state index in [1.807, 2.05) is 0 Å². The number of para-hydroxylation sites is 1. The molecule has 1 aromatic heterocycles. The first-order chi connectivity index (χ1) is 32.2. The quantitative estimate of drug-likeness (QED) is 0.157. The highest BCUT2D eigenvalue weighted by atomic mass is 16.3. The van der Waals surface area contributed by atoms with Crippen LogP contribution in [0.4, 0.5) is 28.4 Å². The molecule has 0 bridgehead atoms. The van der Waals surface area contributed by atoms with Gasteiger partial charge in [0.15, 0.2) is 0 Å². The molecule has 11 aromatic carbocycles. The van der Waals surface area contributed by atoms with Crippen molar-refractivity contribution in [2.45, 2.75) is 0 Å². The van der Waals surface area contributed by atoms with Gasteiger partial charge in [-0.1, -0.05) is 176 Å². The number of benzene rings is 11. The topological polar surface area (TPSA) is 28.4 Å². The predicted molar refractivity (Wildman–Crippen MR) is 275 cm³/mol. The lowest BCUT2D eigenvalue weighted by atomic mass is 9.97. The Labute approximate surface area is 378 Å². The second kappa shape index (κ2) is 16.2. The Kier molecular flexibility index (Phi) is 9.50. The molecule has 65 heavy (non-hydrogen) atoms. The van der Waals surface area contributed by atoms with E-state index in [1.54, 1.807) is 0 Å². The van der Waals surface area contributed by atoms with E-state index < -0.39 is 0 Å². The summed E-state index contributed by atoms with van der Waals surface area (Å²) in [5.41, 5.74) is 16.5. The van der Waals surface area contributed by atoms with Crippen LogP contribution in [0.15, 0.2) is 253 Å². The van der Waals surface area contributed by atoms with Gasteiger partial charge >= 0.3 is 0 Å². The van der Waals surface area contributed by atoms with Gasteiger partial charge in [-0.25, -0.2) is 0 Å². The minimum Gasteiger partial charge on any atom is -0.455 e. The fraction of sp³-hybridized carbons (Fsp3) is 0. The van der Waals surface area contributed by atoms with Crippen LogP contribution in [0.1, 0.15) is 0 Å². The first-order valence-electron chi connectivity index (χ1n) is 22.2. The van der Waals surface area contributed by atoms with Crippen LogP contribution < -0.4 is 10.2 Å². The Morgan fingerprint density at radius 3 is 1.62 bits per heavy atom. The Morgan fingerprint density at radius 1 is 0.323 bits per heavy atom. The standard InChI is InChI=1S/C62H42N2O/c1-2-13-45(14-3-1)55-19-8-9-22-59(55)63-51-18-10-17-49(41-51)43-26-33-52(34-27-43)64(53-35-28-44(29-36-53)50-25-24-42-12-4-5-16-48(42)40-50)54-37-30-47(31-38-54)56-21-11-23-60-61(56)58-39-32-46-15-6-7-20-57(46)62(58)65-60/h1-41,63H. The second-order valence-corrected chi connectivity index (χ2v) is 16.6. The number of fused-ring (bicyclic) bond motifs is 6. The van der Waals surface area contributed by atoms with Gasteiger partial charge in [0.1, 0.15) is 11.2 Å². The number of furan rings is 1. The van der Waals surface area contributed by atoms with Gasteiger partial charge in [-0.15, -0.1) is 0 Å². The van der Waals surface area contributed by atoms with Crippen LogP contribution in [0, 0.1) is 0 Å². The Bertz CT molecular complexity index is 3660. The molecule has 12 rings (SSSR count). The van der Waals surface area contributed by atoms with Gasteiger partial charge in [-0.3, -0.25) is 0 Å². The SMILES string of the molecule is c1ccc(-c2ccccc2Nc2cccc(-c3ccc(N(c4ccc(-c5ccc6ccccc6c5)cc4)c4ccc(-c5cccc6oc7c8ccccc8ccc7c56)cc4)cc3)c2)cc1. The molecule has 3 heteroatoms. The van der Waals surface area contributed by atoms with Crippen molar-refractivity contribution in [1.29, 1.82) is 0 Å². The van der Waals surface area contributed by atoms with Gasteiger partial charge in [-0.2, -0.15) is 0 Å². The van der Waals surface area contributed by atoms with Gasteiger partial charge in [0.25, 0.3) is 0 Å². The molecule has 3 nitrogen and oxygen atoms in total. The number of nitrogens with one attached hydrogen (secondary N) is 1. The summed E-state index contributed by atoms with van der Waals surface area (Å²) in [6.07, 6.45) is 0. The van der Waals surface area contributed by atoms with E-state index in [2.05, 4.69) is 259 Å². The molecule has 0 unspecified atom stereocenters. The van der Waals surface area contributed by atoms with Crippen LogP contribution in [-0.2, 0) is 0 Å². The van der Waals surface area contributed by atoms with Gasteiger partial charge in [0.05, 0.1) is 0 Å². The summed E-state index contributed by atoms with van der Waals surface area (Å²) in [6, 6.07) is 88.9. The van der Waals surface area contributed by atoms with Crippen molar-refractivity contribution in [3.63, 3.8) is 0 Å². The van der Waals surface area contributed by atoms with Gasteiger partial charge in [0.2, 0.25) is 0 Å². The summed E-state index contributed by atoms with van der Waals surface area (Å²) in [6.45, 7) is 0. The zero-order valence-corrected chi connectivity index (χ0v) is 35.5. The van der Waals surface area contributed by atoms with Crippen LogP contribution in [0.2, 0.25) is 0 Å². The third kappa shape index (κ3) is 7.16. The highest BCUT2D eigenvalue weighted by molar-refractivity contribution is 6.19. The van der Waals surface area contributed by atoms with Crippen molar-refractivity contribution in [1.82, 2.24) is 0 Å². The van der Waals surface area contributed by atoms with E-state index in [-0.39, 0.29) is 0 Å². The lowest BCUT2D eigenvalue weighted by Crippen LogP contribution is -2.09. The lowest BCUT2D eigenvalue weighted by Gasteiger charge is -2.26. The maximum Gasteiger partial charge on any atom is 0.143 e. The van der Waals surface area contributed by atoms with Crippen molar-refractivity contribution >= 4 is 71.9 Å². The maximum atomic E-state index is 6.55. The molecule has 0 saturated heterocycles. The molecule has 0 saturated carbocycles. The lowest BCUT2D eigenvalue weighted by molar-refractivity contribution is 0.673. The van der Waals surface area contributed by atoms with Crippen LogP contribution in [0.3, 0.4) is 0 Å². The fourth-order valence-electron chi connectivity index (χ4n) is 9.40. The molecular weight excluding hydrogens is 789 g/mol. The molecule has 0 radical (unpaired) electrons. The van der Waals surface area contributed by atoms with E-state index in [0.717, 1.165) is 78.0 Å². The van der Waals surface area contributed by atoms with E-state index in [4.69, 9.17) is 4.42 Å². The van der Waals surface area contributed by atoms with E-state index >= 15 is 0 Å². The maximum absolute atomic E-state index is 6.55. The van der Waals surface area contributed by atoms with E-state index in [1.165, 1.54) is 38.4 Å². The van der Waals surface area contributed by atoms with Crippen molar-refractivity contribution in [2.75, 3.05) is 10.2 Å². The largest absolute Gasteiger partial charge is 0.455 e. The van der Waals surface area contributed by atoms with Gasteiger partial charge < -0.3 is 14.6 Å². The molecule has 1 N–H and O–H groups in total. The Hall–Kier alpha value is -8.66. The zero-order chi connectivity index (χ0) is 43.1. The molecular formula is C62H42N2O. The number of hydrogen-bond donors (Lipinski definition) is 1. The smallest absolute Gasteiger partial charge is 0.143 e. The van der Waals surface area contributed by atoms with E-state index in [9.17, 15) is 0 Å². The van der Waals surface area contributed by atoms with Crippen molar-refractivity contribution in [3.05, 3.63) is 249 Å². The van der Waals surface area contributed by atoms with Crippen LogP contribution in [0.5, 0.6) is 0 Å². The van der Waals surface area contributed by atoms with Crippen molar-refractivity contribution in [3.8, 4) is 44.5 Å². The third-order valence-electron chi connectivity index (χ3n) is 12.6. The number of rotatable bonds is 9. The second-order valence-electron chi connectivity index (χ2n) is 16.6. The van der Waals surface area contributed by atoms with Crippen LogP contribution in [0.25, 0.3) is 88.0 Å². The monoisotopic (exact) mass is 830 g/mol. The first-order valence-corrected chi connectivity index (χ1v) is 22.2. The first kappa shape index (κ1) is 38.0. The normalized spacial score (nSPS) is 11.4. The van der Waals surface area contributed by atoms with Gasteiger partial charge in [-0.05, 0) is 128 Å². The highest BCUT2D eigenvalue weighted by Crippen LogP contribution is 2.42. The van der Waals surface area contributed by atoms with Crippen LogP contribution in [-0.4, -0.2) is 0 Å². The molecule has 0 spiro atoms. The summed E-state index contributed by atoms with van der Waals surface area (Å²) in [5, 5.41) is 10.8. The summed E-state index contributed by atoms with van der Waals surface area (Å²) < 4.78 is 6.55. The molecule has 0 fully saturated rings. The number of anilines is 5. The van der Waals surface area contributed by atoms with Crippen molar-refractivity contribution < 1.29 is 4.42 Å². The highest BCUT2D eigenvalue weighted by Gasteiger charge is 2.17. The van der Waals surface area contributed by atoms with Crippen molar-refractivity contribution in [2.24, 2.45) is 0 Å². The summed E-state index contributed by atoms with van der Waals surface area (Å²) in [7, 11) is 0. The molecule has 0 aliphatic heterocycles. The molecule has 0 aliphatic rings. The number of hydrogen-bond acceptors (Lipinski definition) is 3. The predicted octanol–water partition coefficient (Wildman–Crippen LogP) is 17.8. The molecule has 0 amide bonds. The molecule has 306 valence electrons. The summed E-state index contributed by atoms with van der Waals surface area (Å²) >= 11 is 0. The molecule has 12 aromatic rings. The fourth-order valence-corrected chi connectivity index (χ4v) is 9.40. The average Bonchev–Trinajstić information content (AvgIpc) is 3.77. The molecule has 0 aliphatic carbocycles. The minimum atomic E-state index is 0.893. The molecule has 0 atom stereocenters. The number of nitrogens with zero attached hydrogens (tertiary/aromatic N) is 1. The summed E-state index contributed by atoms with van der Waals surface area (Å²) in [4.78, 5) is 2.34. The minimum absolute atomic E-state index is 0.893. The van der Waals surface area contributed by atoms with Crippen LogP contribution >= 0.6 is 0 Å². The Morgan fingerprint density at radius 2 is 0.862 bits per heavy atom. The third-order valence-corrected chi connectivity index (χ3v) is 12.6.